The number of nitrogen functional groups attached to an aromatic ring is 1. The van der Waals surface area contributed by atoms with Crippen molar-refractivity contribution in [2.45, 2.75) is 19.3 Å². The molecule has 7 nitrogen and oxygen atoms in total. The van der Waals surface area contributed by atoms with Crippen LogP contribution in [0.25, 0.3) is 11.1 Å². The number of benzene rings is 2. The van der Waals surface area contributed by atoms with E-state index in [2.05, 4.69) is 10.6 Å². The maximum Gasteiger partial charge on any atom is 0.248 e. The molecule has 0 radical (unpaired) electrons. The average molecular weight is 379 g/mol. The Balaban J connectivity index is 1.85. The summed E-state index contributed by atoms with van der Waals surface area (Å²) in [5, 5.41) is 13.8. The molecular formula is C21H25N5O2. The number of piperidine rings is 1. The number of nitrogens with one attached hydrogen (secondary N) is 3. The molecule has 2 aromatic carbocycles. The maximum absolute atomic E-state index is 12.5. The first-order chi connectivity index (χ1) is 13.4. The summed E-state index contributed by atoms with van der Waals surface area (Å²) in [4.78, 5) is 24.2. The highest BCUT2D eigenvalue weighted by atomic mass is 16.2. The molecular weight excluding hydrogens is 354 g/mol. The number of nitrogens with two attached hydrogens (primary N) is 2. The lowest BCUT2D eigenvalue weighted by molar-refractivity contribution is -0.117. The number of carbonyl (C=O) groups excluding carboxylic acids is 2. The molecule has 146 valence electrons. The predicted octanol–water partition coefficient (Wildman–Crippen LogP) is 2.06. The van der Waals surface area contributed by atoms with Gasteiger partial charge in [0, 0.05) is 23.2 Å². The highest BCUT2D eigenvalue weighted by Gasteiger charge is 2.17. The molecule has 0 bridgehead atoms. The quantitative estimate of drug-likeness (QED) is 0.388. The molecule has 0 atom stereocenters. The summed E-state index contributed by atoms with van der Waals surface area (Å²) in [6.07, 6.45) is 2.42. The minimum Gasteiger partial charge on any atom is -0.384 e. The van der Waals surface area contributed by atoms with Gasteiger partial charge in [-0.15, -0.1) is 0 Å². The van der Waals surface area contributed by atoms with Crippen molar-refractivity contribution in [3.8, 4) is 11.1 Å². The van der Waals surface area contributed by atoms with Crippen molar-refractivity contribution >= 4 is 23.3 Å². The van der Waals surface area contributed by atoms with Gasteiger partial charge in [0.2, 0.25) is 11.8 Å². The Morgan fingerprint density at radius 3 is 2.43 bits per heavy atom. The van der Waals surface area contributed by atoms with E-state index >= 15 is 0 Å². The zero-order valence-corrected chi connectivity index (χ0v) is 15.6. The molecule has 0 aromatic heterocycles. The lowest BCUT2D eigenvalue weighted by atomic mass is 9.94. The number of carbonyl (C=O) groups is 2. The van der Waals surface area contributed by atoms with Crippen molar-refractivity contribution < 1.29 is 9.59 Å². The third-order valence-corrected chi connectivity index (χ3v) is 4.94. The number of rotatable bonds is 6. The van der Waals surface area contributed by atoms with Gasteiger partial charge in [-0.3, -0.25) is 15.0 Å². The van der Waals surface area contributed by atoms with Crippen LogP contribution in [0, 0.1) is 11.3 Å². The zero-order chi connectivity index (χ0) is 20.1. The molecule has 7 heteroatoms. The molecule has 1 aliphatic rings. The summed E-state index contributed by atoms with van der Waals surface area (Å²) in [5.74, 6) is -0.314. The van der Waals surface area contributed by atoms with Gasteiger partial charge in [0.05, 0.1) is 0 Å². The minimum absolute atomic E-state index is 0.0385. The van der Waals surface area contributed by atoms with Crippen molar-refractivity contribution in [2.75, 3.05) is 18.4 Å². The predicted molar refractivity (Wildman–Crippen MR) is 110 cm³/mol. The average Bonchev–Trinajstić information content (AvgIpc) is 2.68. The van der Waals surface area contributed by atoms with Crippen LogP contribution in [0.4, 0.5) is 5.69 Å². The summed E-state index contributed by atoms with van der Waals surface area (Å²) in [6.45, 7) is 1.87. The van der Waals surface area contributed by atoms with Gasteiger partial charge in [0.15, 0.2) is 0 Å². The van der Waals surface area contributed by atoms with E-state index in [9.17, 15) is 9.59 Å². The summed E-state index contributed by atoms with van der Waals surface area (Å²) < 4.78 is 0. The van der Waals surface area contributed by atoms with Gasteiger partial charge in [-0.2, -0.15) is 0 Å². The fraction of sp³-hybridized carbons (Fsp3) is 0.286. The Bertz CT molecular complexity index is 903. The van der Waals surface area contributed by atoms with Crippen LogP contribution in [0.3, 0.4) is 0 Å². The molecule has 3 rings (SSSR count). The number of hydrogen-bond acceptors (Lipinski definition) is 4. The fourth-order valence-corrected chi connectivity index (χ4v) is 3.44. The highest BCUT2D eigenvalue weighted by molar-refractivity contribution is 5.99. The van der Waals surface area contributed by atoms with E-state index in [0.29, 0.717) is 29.2 Å². The number of anilines is 1. The second-order valence-corrected chi connectivity index (χ2v) is 7.10. The van der Waals surface area contributed by atoms with Crippen LogP contribution in [0.1, 0.15) is 35.2 Å². The third-order valence-electron chi connectivity index (χ3n) is 4.94. The summed E-state index contributed by atoms with van der Waals surface area (Å²) in [7, 11) is 0. The highest BCUT2D eigenvalue weighted by Crippen LogP contribution is 2.26. The molecule has 1 aliphatic heterocycles. The van der Waals surface area contributed by atoms with Gasteiger partial charge in [0.25, 0.3) is 0 Å². The largest absolute Gasteiger partial charge is 0.384 e. The number of amides is 2. The van der Waals surface area contributed by atoms with E-state index in [1.807, 2.05) is 6.07 Å². The van der Waals surface area contributed by atoms with Crippen molar-refractivity contribution in [2.24, 2.45) is 17.4 Å². The topological polar surface area (TPSA) is 134 Å². The van der Waals surface area contributed by atoms with Crippen molar-refractivity contribution in [3.05, 3.63) is 53.6 Å². The lowest BCUT2D eigenvalue weighted by Crippen LogP contribution is -2.30. The van der Waals surface area contributed by atoms with Crippen molar-refractivity contribution in [1.29, 1.82) is 5.41 Å². The Hall–Kier alpha value is -3.19. The van der Waals surface area contributed by atoms with E-state index in [1.54, 1.807) is 36.4 Å². The molecule has 1 saturated heterocycles. The molecule has 0 spiro atoms. The number of hydrogen-bond donors (Lipinski definition) is 5. The second kappa shape index (κ2) is 8.67. The first-order valence-electron chi connectivity index (χ1n) is 9.32. The van der Waals surface area contributed by atoms with Crippen LogP contribution >= 0.6 is 0 Å². The van der Waals surface area contributed by atoms with Crippen molar-refractivity contribution in [3.63, 3.8) is 0 Å². The Kier molecular flexibility index (Phi) is 6.06. The molecule has 2 aromatic rings. The van der Waals surface area contributed by atoms with Gasteiger partial charge in [-0.25, -0.2) is 0 Å². The first-order valence-corrected chi connectivity index (χ1v) is 9.32. The smallest absolute Gasteiger partial charge is 0.248 e. The number of amidine groups is 1. The van der Waals surface area contributed by atoms with E-state index < -0.39 is 5.91 Å². The van der Waals surface area contributed by atoms with Gasteiger partial charge in [-0.05, 0) is 67.2 Å². The van der Waals surface area contributed by atoms with Gasteiger partial charge in [0.1, 0.15) is 5.84 Å². The fourth-order valence-electron chi connectivity index (χ4n) is 3.44. The van der Waals surface area contributed by atoms with Crippen LogP contribution in [0.15, 0.2) is 42.5 Å². The van der Waals surface area contributed by atoms with E-state index in [1.165, 1.54) is 0 Å². The van der Waals surface area contributed by atoms with Crippen LogP contribution < -0.4 is 22.1 Å². The summed E-state index contributed by atoms with van der Waals surface area (Å²) >= 11 is 0. The Labute approximate surface area is 164 Å². The number of primary amides is 1. The zero-order valence-electron chi connectivity index (χ0n) is 15.6. The molecule has 7 N–H and O–H groups in total. The molecule has 28 heavy (non-hydrogen) atoms. The van der Waals surface area contributed by atoms with Crippen molar-refractivity contribution in [1.82, 2.24) is 5.32 Å². The molecule has 0 aliphatic carbocycles. The minimum atomic E-state index is -0.571. The van der Waals surface area contributed by atoms with Crippen LogP contribution in [-0.2, 0) is 4.79 Å². The summed E-state index contributed by atoms with van der Waals surface area (Å²) in [6, 6.07) is 12.2. The van der Waals surface area contributed by atoms with E-state index in [-0.39, 0.29) is 11.7 Å². The van der Waals surface area contributed by atoms with E-state index in [4.69, 9.17) is 16.9 Å². The second-order valence-electron chi connectivity index (χ2n) is 7.10. The van der Waals surface area contributed by atoms with Gasteiger partial charge < -0.3 is 22.1 Å². The standard InChI is InChI=1S/C21H25N5O2/c22-20(23)15-3-1-2-14(9-15)16-10-17(21(24)28)12-18(11-16)26-19(27)8-13-4-6-25-7-5-13/h1-3,9-13,25H,4-8H2,(H3,22,23)(H2,24,28)(H,26,27). The molecule has 0 unspecified atom stereocenters. The molecule has 2 amide bonds. The molecule has 0 saturated carbocycles. The SMILES string of the molecule is N=C(N)c1cccc(-c2cc(NC(=O)CC3CCNCC3)cc(C(N)=O)c2)c1. The van der Waals surface area contributed by atoms with Crippen LogP contribution in [0.2, 0.25) is 0 Å². The first kappa shape index (κ1) is 19.6. The molecule has 1 heterocycles. The normalized spacial score (nSPS) is 14.4. The molecule has 1 fully saturated rings. The third kappa shape index (κ3) is 4.95. The van der Waals surface area contributed by atoms with E-state index in [0.717, 1.165) is 37.1 Å². The Morgan fingerprint density at radius 1 is 1.04 bits per heavy atom. The van der Waals surface area contributed by atoms with Crippen LogP contribution in [0.5, 0.6) is 0 Å². The van der Waals surface area contributed by atoms with Crippen LogP contribution in [-0.4, -0.2) is 30.7 Å². The Morgan fingerprint density at radius 2 is 1.75 bits per heavy atom. The van der Waals surface area contributed by atoms with Gasteiger partial charge in [-0.1, -0.05) is 18.2 Å². The monoisotopic (exact) mass is 379 g/mol. The lowest BCUT2D eigenvalue weighted by Gasteiger charge is -2.22. The maximum atomic E-state index is 12.5. The summed E-state index contributed by atoms with van der Waals surface area (Å²) in [5.41, 5.74) is 14.0. The van der Waals surface area contributed by atoms with Gasteiger partial charge >= 0.3 is 0 Å².